The van der Waals surface area contributed by atoms with Crippen LogP contribution in [0.15, 0.2) is 18.2 Å². The Morgan fingerprint density at radius 3 is 2.54 bits per heavy atom. The molecule has 1 aromatic carbocycles. The van der Waals surface area contributed by atoms with E-state index < -0.39 is 28.3 Å². The summed E-state index contributed by atoms with van der Waals surface area (Å²) in [5.41, 5.74) is 6.69. The van der Waals surface area contributed by atoms with Crippen molar-refractivity contribution in [1.82, 2.24) is 4.90 Å². The maximum Gasteiger partial charge on any atom is 0.250 e. The summed E-state index contributed by atoms with van der Waals surface area (Å²) in [6.07, 6.45) is 1.11. The monoisotopic (exact) mass is 382 g/mol. The zero-order valence-electron chi connectivity index (χ0n) is 15.1. The molecular formula is C17H26N4O4S. The van der Waals surface area contributed by atoms with E-state index in [2.05, 4.69) is 28.4 Å². The van der Waals surface area contributed by atoms with Crippen LogP contribution < -0.4 is 15.4 Å². The van der Waals surface area contributed by atoms with Gasteiger partial charge in [0, 0.05) is 31.2 Å². The molecule has 1 aromatic rings. The first-order chi connectivity index (χ1) is 12.2. The minimum absolute atomic E-state index is 0.298. The fourth-order valence-corrected chi connectivity index (χ4v) is 5.01. The number of rotatable bonds is 7. The van der Waals surface area contributed by atoms with Crippen molar-refractivity contribution in [3.8, 4) is 0 Å². The molecule has 26 heavy (non-hydrogen) atoms. The summed E-state index contributed by atoms with van der Waals surface area (Å²) >= 11 is 0. The maximum absolute atomic E-state index is 12.1. The number of piperidine rings is 1. The van der Waals surface area contributed by atoms with Gasteiger partial charge in [-0.25, -0.2) is 8.42 Å². The fraction of sp³-hybridized carbons (Fsp3) is 0.588. The molecule has 3 aliphatic heterocycles. The lowest BCUT2D eigenvalue weighted by Gasteiger charge is -2.59. The molecule has 8 nitrogen and oxygen atoms in total. The van der Waals surface area contributed by atoms with Crippen LogP contribution in [0.1, 0.15) is 30.6 Å². The van der Waals surface area contributed by atoms with Gasteiger partial charge < -0.3 is 15.7 Å². The van der Waals surface area contributed by atoms with Gasteiger partial charge in [-0.3, -0.25) is 14.4 Å². The van der Waals surface area contributed by atoms with Crippen molar-refractivity contribution in [3.63, 3.8) is 0 Å². The Labute approximate surface area is 154 Å². The lowest BCUT2D eigenvalue weighted by Crippen LogP contribution is -2.70. The van der Waals surface area contributed by atoms with Gasteiger partial charge in [-0.15, -0.1) is 0 Å². The SMILES string of the molecule is CC(C)N1C2CC1CN(c1c(NS(=O)(=O)CCO)cccc1C(N)=O)C2. The van der Waals surface area contributed by atoms with E-state index in [9.17, 15) is 13.2 Å². The highest BCUT2D eigenvalue weighted by molar-refractivity contribution is 7.92. The summed E-state index contributed by atoms with van der Waals surface area (Å²) in [5.74, 6) is -0.997. The van der Waals surface area contributed by atoms with Gasteiger partial charge in [0.2, 0.25) is 10.0 Å². The fourth-order valence-electron chi connectivity index (χ4n) is 4.17. The van der Waals surface area contributed by atoms with E-state index in [0.717, 1.165) is 6.42 Å². The predicted octanol–water partition coefficient (Wildman–Crippen LogP) is 0.191. The molecule has 3 aliphatic rings. The van der Waals surface area contributed by atoms with Crippen LogP contribution in [0.3, 0.4) is 0 Å². The smallest absolute Gasteiger partial charge is 0.250 e. The number of carbonyl (C=O) groups is 1. The van der Waals surface area contributed by atoms with Gasteiger partial charge in [-0.05, 0) is 32.4 Å². The van der Waals surface area contributed by atoms with Gasteiger partial charge in [-0.2, -0.15) is 0 Å². The highest BCUT2D eigenvalue weighted by atomic mass is 32.2. The molecule has 144 valence electrons. The highest BCUT2D eigenvalue weighted by Gasteiger charge is 2.46. The number of nitrogens with two attached hydrogens (primary N) is 1. The van der Waals surface area contributed by atoms with Crippen molar-refractivity contribution in [1.29, 1.82) is 0 Å². The molecule has 2 unspecified atom stereocenters. The van der Waals surface area contributed by atoms with Gasteiger partial charge in [0.1, 0.15) is 0 Å². The molecule has 0 saturated carbocycles. The van der Waals surface area contributed by atoms with Gasteiger partial charge in [0.05, 0.1) is 29.3 Å². The summed E-state index contributed by atoms with van der Waals surface area (Å²) in [6, 6.07) is 6.06. The molecule has 4 N–H and O–H groups in total. The number of aliphatic hydroxyl groups is 1. The number of para-hydroxylation sites is 1. The maximum atomic E-state index is 12.1. The lowest BCUT2D eigenvalue weighted by molar-refractivity contribution is -0.0270. The van der Waals surface area contributed by atoms with Crippen molar-refractivity contribution < 1.29 is 18.3 Å². The van der Waals surface area contributed by atoms with E-state index in [4.69, 9.17) is 10.8 Å². The Balaban J connectivity index is 1.94. The average molecular weight is 382 g/mol. The molecule has 2 atom stereocenters. The molecule has 1 amide bonds. The predicted molar refractivity (Wildman–Crippen MR) is 101 cm³/mol. The number of aliphatic hydroxyl groups excluding tert-OH is 1. The van der Waals surface area contributed by atoms with Crippen molar-refractivity contribution in [2.24, 2.45) is 5.73 Å². The molecule has 3 saturated heterocycles. The minimum Gasteiger partial charge on any atom is -0.395 e. The van der Waals surface area contributed by atoms with Crippen LogP contribution in [0.4, 0.5) is 11.4 Å². The molecule has 9 heteroatoms. The number of piperazine rings is 1. The average Bonchev–Trinajstić information content (AvgIpc) is 2.53. The van der Waals surface area contributed by atoms with Crippen LogP contribution in [0.2, 0.25) is 0 Å². The standard InChI is InChI=1S/C17H26N4O4S/c1-11(2)21-12-8-13(21)10-20(9-12)16-14(17(18)23)4-3-5-15(16)19-26(24,25)7-6-22/h3-5,11-13,19,22H,6-10H2,1-2H3,(H2,18,23). The summed E-state index contributed by atoms with van der Waals surface area (Å²) in [5, 5.41) is 8.95. The zero-order chi connectivity index (χ0) is 19.1. The summed E-state index contributed by atoms with van der Waals surface area (Å²) < 4.78 is 26.7. The van der Waals surface area contributed by atoms with Crippen molar-refractivity contribution >= 4 is 27.3 Å². The molecule has 0 spiro atoms. The number of nitrogens with one attached hydrogen (secondary N) is 1. The first kappa shape index (κ1) is 18.9. The van der Waals surface area contributed by atoms with Gasteiger partial charge in [-0.1, -0.05) is 6.07 Å². The first-order valence-electron chi connectivity index (χ1n) is 8.80. The van der Waals surface area contributed by atoms with E-state index in [0.29, 0.717) is 48.2 Å². The Morgan fingerprint density at radius 1 is 1.35 bits per heavy atom. The van der Waals surface area contributed by atoms with E-state index in [1.807, 2.05) is 0 Å². The third-order valence-electron chi connectivity index (χ3n) is 5.09. The second kappa shape index (κ2) is 7.05. The van der Waals surface area contributed by atoms with E-state index in [-0.39, 0.29) is 0 Å². The van der Waals surface area contributed by atoms with Gasteiger partial charge >= 0.3 is 0 Å². The Hall–Kier alpha value is -1.84. The number of fused-ring (bicyclic) bond motifs is 2. The highest BCUT2D eigenvalue weighted by Crippen LogP contribution is 2.40. The number of amides is 1. The van der Waals surface area contributed by atoms with Crippen LogP contribution in [0, 0.1) is 0 Å². The molecule has 0 aliphatic carbocycles. The van der Waals surface area contributed by atoms with E-state index in [1.54, 1.807) is 18.2 Å². The van der Waals surface area contributed by atoms with E-state index in [1.165, 1.54) is 0 Å². The number of anilines is 2. The Kier molecular flexibility index (Phi) is 5.14. The van der Waals surface area contributed by atoms with Crippen molar-refractivity contribution in [2.45, 2.75) is 38.4 Å². The topological polar surface area (TPSA) is 116 Å². The number of sulfonamides is 1. The summed E-state index contributed by atoms with van der Waals surface area (Å²) in [7, 11) is -3.70. The van der Waals surface area contributed by atoms with Crippen LogP contribution in [0.5, 0.6) is 0 Å². The van der Waals surface area contributed by atoms with Crippen molar-refractivity contribution in [2.75, 3.05) is 35.1 Å². The number of primary amides is 1. The number of carbonyl (C=O) groups excluding carboxylic acids is 1. The van der Waals surface area contributed by atoms with Gasteiger partial charge in [0.15, 0.2) is 0 Å². The second-order valence-corrected chi connectivity index (χ2v) is 9.04. The molecule has 0 radical (unpaired) electrons. The summed E-state index contributed by atoms with van der Waals surface area (Å²) in [6.45, 7) is 5.29. The number of nitrogens with zero attached hydrogens (tertiary/aromatic N) is 2. The quantitative estimate of drug-likeness (QED) is 0.620. The number of benzene rings is 1. The Bertz CT molecular complexity index is 784. The normalized spacial score (nSPS) is 23.0. The molecular weight excluding hydrogens is 356 g/mol. The van der Waals surface area contributed by atoms with Crippen LogP contribution >= 0.6 is 0 Å². The minimum atomic E-state index is -3.70. The van der Waals surface area contributed by atoms with E-state index >= 15 is 0 Å². The number of hydrogen-bond donors (Lipinski definition) is 3. The van der Waals surface area contributed by atoms with Gasteiger partial charge in [0.25, 0.3) is 5.91 Å². The molecule has 2 bridgehead atoms. The van der Waals surface area contributed by atoms with Crippen LogP contribution in [-0.4, -0.2) is 67.9 Å². The van der Waals surface area contributed by atoms with Crippen LogP contribution in [0.25, 0.3) is 0 Å². The first-order valence-corrected chi connectivity index (χ1v) is 10.4. The van der Waals surface area contributed by atoms with Crippen LogP contribution in [-0.2, 0) is 10.0 Å². The summed E-state index contributed by atoms with van der Waals surface area (Å²) in [4.78, 5) is 16.4. The molecule has 3 heterocycles. The largest absolute Gasteiger partial charge is 0.395 e. The third kappa shape index (κ3) is 3.51. The second-order valence-electron chi connectivity index (χ2n) is 7.20. The zero-order valence-corrected chi connectivity index (χ0v) is 15.9. The molecule has 0 aromatic heterocycles. The molecule has 3 fully saturated rings. The third-order valence-corrected chi connectivity index (χ3v) is 6.34. The van der Waals surface area contributed by atoms with Crippen molar-refractivity contribution in [3.05, 3.63) is 23.8 Å². The lowest BCUT2D eigenvalue weighted by atomic mass is 9.85. The number of hydrogen-bond acceptors (Lipinski definition) is 6. The molecule has 4 rings (SSSR count). The Morgan fingerprint density at radius 2 is 2.00 bits per heavy atom.